The predicted molar refractivity (Wildman–Crippen MR) is 74.8 cm³/mol. The molecule has 2 unspecified atom stereocenters. The van der Waals surface area contributed by atoms with Gasteiger partial charge in [0.2, 0.25) is 5.91 Å². The number of hydrogen-bond donors (Lipinski definition) is 3. The summed E-state index contributed by atoms with van der Waals surface area (Å²) in [7, 11) is 0. The lowest BCUT2D eigenvalue weighted by molar-refractivity contribution is -0.141. The molecule has 1 fully saturated rings. The van der Waals surface area contributed by atoms with Crippen LogP contribution in [0.5, 0.6) is 0 Å². The number of morpholine rings is 1. The molecule has 0 bridgehead atoms. The minimum Gasteiger partial charge on any atom is -0.481 e. The number of aliphatic carboxylic acids is 1. The van der Waals surface area contributed by atoms with Gasteiger partial charge in [-0.1, -0.05) is 6.92 Å². The van der Waals surface area contributed by atoms with E-state index >= 15 is 0 Å². The first kappa shape index (κ1) is 17.2. The van der Waals surface area contributed by atoms with Crippen LogP contribution in [0.25, 0.3) is 0 Å². The summed E-state index contributed by atoms with van der Waals surface area (Å²) in [5, 5.41) is 13.9. The van der Waals surface area contributed by atoms with E-state index in [0.29, 0.717) is 32.7 Å². The highest BCUT2D eigenvalue weighted by Crippen LogP contribution is 2.02. The van der Waals surface area contributed by atoms with Crippen LogP contribution in [0.3, 0.4) is 0 Å². The molecular weight excluding hydrogens is 278 g/mol. The number of nitrogens with one attached hydrogen (secondary N) is 2. The molecule has 8 heteroatoms. The molecule has 3 N–H and O–H groups in total. The fraction of sp³-hybridized carbons (Fsp3) is 0.769. The molecule has 1 saturated heterocycles. The lowest BCUT2D eigenvalue weighted by atomic mass is 10.1. The van der Waals surface area contributed by atoms with Crippen LogP contribution < -0.4 is 10.6 Å². The number of carbonyl (C=O) groups excluding carboxylic acids is 2. The summed E-state index contributed by atoms with van der Waals surface area (Å²) in [5.41, 5.74) is 0. The fourth-order valence-corrected chi connectivity index (χ4v) is 1.99. The number of rotatable bonds is 6. The average Bonchev–Trinajstić information content (AvgIpc) is 2.47. The van der Waals surface area contributed by atoms with E-state index in [1.165, 1.54) is 0 Å². The van der Waals surface area contributed by atoms with Crippen LogP contribution in [0.4, 0.5) is 4.79 Å². The van der Waals surface area contributed by atoms with Crippen LogP contribution in [0.2, 0.25) is 0 Å². The van der Waals surface area contributed by atoms with Crippen LogP contribution >= 0.6 is 0 Å². The summed E-state index contributed by atoms with van der Waals surface area (Å²) >= 11 is 0. The summed E-state index contributed by atoms with van der Waals surface area (Å²) in [5.74, 6) is -1.74. The predicted octanol–water partition coefficient (Wildman–Crippen LogP) is -0.356. The molecule has 0 aromatic rings. The fourth-order valence-electron chi connectivity index (χ4n) is 1.99. The Hall–Kier alpha value is -1.83. The standard InChI is InChI=1S/C13H23N3O5/c1-3-10(12(18)19)8-14-13(20)15-9(2)11(17)16-4-6-21-7-5-16/h9-10H,3-8H2,1-2H3,(H,18,19)(H2,14,15,20). The van der Waals surface area contributed by atoms with Crippen molar-refractivity contribution in [3.05, 3.63) is 0 Å². The lowest BCUT2D eigenvalue weighted by Crippen LogP contribution is -2.52. The molecular formula is C13H23N3O5. The van der Waals surface area contributed by atoms with Crippen LogP contribution in [0, 0.1) is 5.92 Å². The monoisotopic (exact) mass is 301 g/mol. The van der Waals surface area contributed by atoms with Gasteiger partial charge in [-0.05, 0) is 13.3 Å². The Morgan fingerprint density at radius 1 is 1.29 bits per heavy atom. The summed E-state index contributed by atoms with van der Waals surface area (Å²) in [6.07, 6.45) is 0.428. The van der Waals surface area contributed by atoms with Crippen molar-refractivity contribution in [2.45, 2.75) is 26.3 Å². The molecule has 0 saturated carbocycles. The van der Waals surface area contributed by atoms with Crippen molar-refractivity contribution in [2.75, 3.05) is 32.8 Å². The van der Waals surface area contributed by atoms with Crippen molar-refractivity contribution in [3.63, 3.8) is 0 Å². The largest absolute Gasteiger partial charge is 0.481 e. The van der Waals surface area contributed by atoms with E-state index in [9.17, 15) is 14.4 Å². The second-order valence-electron chi connectivity index (χ2n) is 4.96. The zero-order valence-corrected chi connectivity index (χ0v) is 12.4. The quantitative estimate of drug-likeness (QED) is 0.621. The van der Waals surface area contributed by atoms with Gasteiger partial charge in [-0.2, -0.15) is 0 Å². The van der Waals surface area contributed by atoms with Crippen molar-refractivity contribution in [3.8, 4) is 0 Å². The van der Waals surface area contributed by atoms with E-state index < -0.39 is 24.0 Å². The van der Waals surface area contributed by atoms with Gasteiger partial charge in [-0.15, -0.1) is 0 Å². The molecule has 0 aliphatic carbocycles. The Bertz CT molecular complexity index is 382. The Balaban J connectivity index is 2.35. The van der Waals surface area contributed by atoms with Crippen molar-refractivity contribution >= 4 is 17.9 Å². The molecule has 0 aromatic heterocycles. The minimum absolute atomic E-state index is 0.0378. The van der Waals surface area contributed by atoms with Gasteiger partial charge in [0.15, 0.2) is 0 Å². The molecule has 1 aliphatic heterocycles. The van der Waals surface area contributed by atoms with Gasteiger partial charge in [0.25, 0.3) is 0 Å². The van der Waals surface area contributed by atoms with Crippen molar-refractivity contribution in [1.82, 2.24) is 15.5 Å². The molecule has 1 heterocycles. The van der Waals surface area contributed by atoms with E-state index in [0.717, 1.165) is 0 Å². The number of carboxylic acid groups (broad SMARTS) is 1. The SMILES string of the molecule is CCC(CNC(=O)NC(C)C(=O)N1CCOCC1)C(=O)O. The zero-order valence-electron chi connectivity index (χ0n) is 12.4. The summed E-state index contributed by atoms with van der Waals surface area (Å²) < 4.78 is 5.16. The lowest BCUT2D eigenvalue weighted by Gasteiger charge is -2.29. The van der Waals surface area contributed by atoms with Crippen LogP contribution in [-0.2, 0) is 14.3 Å². The highest BCUT2D eigenvalue weighted by molar-refractivity contribution is 5.87. The molecule has 1 aliphatic rings. The van der Waals surface area contributed by atoms with Crippen LogP contribution in [0.1, 0.15) is 20.3 Å². The van der Waals surface area contributed by atoms with E-state index in [1.54, 1.807) is 18.7 Å². The smallest absolute Gasteiger partial charge is 0.315 e. The Morgan fingerprint density at radius 3 is 2.43 bits per heavy atom. The molecule has 0 spiro atoms. The maximum Gasteiger partial charge on any atom is 0.315 e. The molecule has 8 nitrogen and oxygen atoms in total. The van der Waals surface area contributed by atoms with Crippen LogP contribution in [-0.4, -0.2) is 66.8 Å². The number of carboxylic acids is 1. The van der Waals surface area contributed by atoms with Gasteiger partial charge in [0.05, 0.1) is 19.1 Å². The number of ether oxygens (including phenoxy) is 1. The molecule has 0 radical (unpaired) electrons. The maximum atomic E-state index is 12.1. The maximum absolute atomic E-state index is 12.1. The highest BCUT2D eigenvalue weighted by Gasteiger charge is 2.24. The second kappa shape index (κ2) is 8.46. The van der Waals surface area contributed by atoms with Crippen molar-refractivity contribution in [2.24, 2.45) is 5.92 Å². The number of carbonyl (C=O) groups is 3. The highest BCUT2D eigenvalue weighted by atomic mass is 16.5. The number of hydrogen-bond acceptors (Lipinski definition) is 4. The first-order chi connectivity index (χ1) is 9.95. The Morgan fingerprint density at radius 2 is 1.90 bits per heavy atom. The van der Waals surface area contributed by atoms with E-state index in [1.807, 2.05) is 0 Å². The van der Waals surface area contributed by atoms with E-state index in [2.05, 4.69) is 10.6 Å². The molecule has 3 amide bonds. The van der Waals surface area contributed by atoms with Gasteiger partial charge in [-0.25, -0.2) is 4.79 Å². The number of urea groups is 1. The third kappa shape index (κ3) is 5.58. The van der Waals surface area contributed by atoms with Gasteiger partial charge in [0, 0.05) is 19.6 Å². The van der Waals surface area contributed by atoms with E-state index in [4.69, 9.17) is 9.84 Å². The van der Waals surface area contributed by atoms with Crippen molar-refractivity contribution in [1.29, 1.82) is 0 Å². The first-order valence-electron chi connectivity index (χ1n) is 7.09. The molecule has 2 atom stereocenters. The molecule has 0 aromatic carbocycles. The normalized spacial score (nSPS) is 17.7. The van der Waals surface area contributed by atoms with Gasteiger partial charge < -0.3 is 25.4 Å². The first-order valence-corrected chi connectivity index (χ1v) is 7.09. The number of amides is 3. The van der Waals surface area contributed by atoms with Crippen LogP contribution in [0.15, 0.2) is 0 Å². The number of nitrogens with zero attached hydrogens (tertiary/aromatic N) is 1. The third-order valence-corrected chi connectivity index (χ3v) is 3.39. The average molecular weight is 301 g/mol. The summed E-state index contributed by atoms with van der Waals surface area (Å²) in [6.45, 7) is 5.42. The molecule has 21 heavy (non-hydrogen) atoms. The molecule has 1 rings (SSSR count). The van der Waals surface area contributed by atoms with Crippen molar-refractivity contribution < 1.29 is 24.2 Å². The summed E-state index contributed by atoms with van der Waals surface area (Å²) in [4.78, 5) is 36.2. The summed E-state index contributed by atoms with van der Waals surface area (Å²) in [6, 6.07) is -1.20. The van der Waals surface area contributed by atoms with Gasteiger partial charge in [0.1, 0.15) is 6.04 Å². The third-order valence-electron chi connectivity index (χ3n) is 3.39. The second-order valence-corrected chi connectivity index (χ2v) is 4.96. The minimum atomic E-state index is -0.949. The van der Waals surface area contributed by atoms with Gasteiger partial charge in [-0.3, -0.25) is 9.59 Å². The Labute approximate surface area is 123 Å². The topological polar surface area (TPSA) is 108 Å². The molecule has 120 valence electrons. The van der Waals surface area contributed by atoms with E-state index in [-0.39, 0.29) is 12.5 Å². The zero-order chi connectivity index (χ0) is 15.8. The van der Waals surface area contributed by atoms with Gasteiger partial charge >= 0.3 is 12.0 Å². The Kier molecular flexibility index (Phi) is 6.93.